The first-order valence-electron chi connectivity index (χ1n) is 4.84. The van der Waals surface area contributed by atoms with Crippen molar-refractivity contribution in [1.82, 2.24) is 4.90 Å². The second kappa shape index (κ2) is 6.73. The largest absolute Gasteiger partial charge is 0.392 e. The molecule has 0 aromatic carbocycles. The fourth-order valence-corrected chi connectivity index (χ4v) is 1.64. The van der Waals surface area contributed by atoms with Gasteiger partial charge in [-0.1, -0.05) is 26.1 Å². The van der Waals surface area contributed by atoms with Crippen molar-refractivity contribution in [3.63, 3.8) is 0 Å². The highest BCUT2D eigenvalue weighted by Crippen LogP contribution is 2.04. The third-order valence-corrected chi connectivity index (χ3v) is 2.15. The van der Waals surface area contributed by atoms with Gasteiger partial charge in [0.05, 0.1) is 11.0 Å². The Hall–Kier alpha value is -0.680. The molecule has 0 aliphatic heterocycles. The SMILES string of the molecule is CCCN(CC(N)=S)C(CC)C(N)=O. The van der Waals surface area contributed by atoms with Crippen LogP contribution in [0.4, 0.5) is 0 Å². The lowest BCUT2D eigenvalue weighted by molar-refractivity contribution is -0.123. The molecule has 82 valence electrons. The number of hydrogen-bond acceptors (Lipinski definition) is 3. The van der Waals surface area contributed by atoms with Gasteiger partial charge in [0.1, 0.15) is 0 Å². The van der Waals surface area contributed by atoms with Crippen molar-refractivity contribution in [2.24, 2.45) is 11.5 Å². The van der Waals surface area contributed by atoms with Crippen molar-refractivity contribution in [3.8, 4) is 0 Å². The number of hydrogen-bond donors (Lipinski definition) is 2. The van der Waals surface area contributed by atoms with Gasteiger partial charge in [-0.3, -0.25) is 9.69 Å². The zero-order chi connectivity index (χ0) is 11.1. The molecule has 4 N–H and O–H groups in total. The van der Waals surface area contributed by atoms with Crippen molar-refractivity contribution in [2.45, 2.75) is 32.7 Å². The Morgan fingerprint density at radius 2 is 2.00 bits per heavy atom. The van der Waals surface area contributed by atoms with E-state index in [9.17, 15) is 4.79 Å². The highest BCUT2D eigenvalue weighted by Gasteiger charge is 2.21. The van der Waals surface area contributed by atoms with Crippen LogP contribution >= 0.6 is 12.2 Å². The van der Waals surface area contributed by atoms with E-state index in [2.05, 4.69) is 0 Å². The first-order valence-corrected chi connectivity index (χ1v) is 5.25. The Bertz CT molecular complexity index is 208. The molecule has 0 aliphatic rings. The predicted octanol–water partition coefficient (Wildman–Crippen LogP) is 0.248. The van der Waals surface area contributed by atoms with E-state index in [0.717, 1.165) is 13.0 Å². The van der Waals surface area contributed by atoms with E-state index in [-0.39, 0.29) is 11.9 Å². The predicted molar refractivity (Wildman–Crippen MR) is 61.9 cm³/mol. The van der Waals surface area contributed by atoms with Gasteiger partial charge in [0.25, 0.3) is 0 Å². The van der Waals surface area contributed by atoms with E-state index in [1.54, 1.807) is 0 Å². The Morgan fingerprint density at radius 1 is 1.43 bits per heavy atom. The number of amides is 1. The van der Waals surface area contributed by atoms with Gasteiger partial charge in [-0.15, -0.1) is 0 Å². The minimum Gasteiger partial charge on any atom is -0.392 e. The average Bonchev–Trinajstić information content (AvgIpc) is 2.03. The fourth-order valence-electron chi connectivity index (χ4n) is 1.47. The number of carbonyl (C=O) groups excluding carboxylic acids is 1. The molecule has 1 amide bonds. The number of rotatable bonds is 7. The Labute approximate surface area is 90.6 Å². The van der Waals surface area contributed by atoms with Crippen molar-refractivity contribution in [3.05, 3.63) is 0 Å². The Balaban J connectivity index is 4.42. The molecule has 1 unspecified atom stereocenters. The summed E-state index contributed by atoms with van der Waals surface area (Å²) < 4.78 is 0. The van der Waals surface area contributed by atoms with Crippen LogP contribution < -0.4 is 11.5 Å². The molecule has 5 heteroatoms. The number of thiocarbonyl (C=S) groups is 1. The molecule has 0 spiro atoms. The Kier molecular flexibility index (Phi) is 6.40. The quantitative estimate of drug-likeness (QED) is 0.600. The van der Waals surface area contributed by atoms with Crippen LogP contribution in [0, 0.1) is 0 Å². The van der Waals surface area contributed by atoms with Crippen molar-refractivity contribution in [2.75, 3.05) is 13.1 Å². The highest BCUT2D eigenvalue weighted by molar-refractivity contribution is 7.80. The summed E-state index contributed by atoms with van der Waals surface area (Å²) in [6.07, 6.45) is 1.64. The molecule has 4 nitrogen and oxygen atoms in total. The molecular weight excluding hydrogens is 198 g/mol. The molecule has 0 aliphatic carbocycles. The maximum atomic E-state index is 11.1. The number of primary amides is 1. The van der Waals surface area contributed by atoms with Gasteiger partial charge < -0.3 is 11.5 Å². The zero-order valence-corrected chi connectivity index (χ0v) is 9.64. The third-order valence-electron chi connectivity index (χ3n) is 2.03. The second-order valence-electron chi connectivity index (χ2n) is 3.26. The van der Waals surface area contributed by atoms with Crippen LogP contribution in [0.15, 0.2) is 0 Å². The summed E-state index contributed by atoms with van der Waals surface area (Å²) >= 11 is 4.82. The minimum absolute atomic E-state index is 0.253. The van der Waals surface area contributed by atoms with E-state index in [4.69, 9.17) is 23.7 Å². The van der Waals surface area contributed by atoms with Gasteiger partial charge in [0, 0.05) is 6.54 Å². The van der Waals surface area contributed by atoms with E-state index in [1.165, 1.54) is 0 Å². The normalized spacial score (nSPS) is 12.8. The van der Waals surface area contributed by atoms with Gasteiger partial charge >= 0.3 is 0 Å². The smallest absolute Gasteiger partial charge is 0.234 e. The van der Waals surface area contributed by atoms with Crippen molar-refractivity contribution >= 4 is 23.1 Å². The number of carbonyl (C=O) groups is 1. The van der Waals surface area contributed by atoms with E-state index >= 15 is 0 Å². The summed E-state index contributed by atoms with van der Waals surface area (Å²) in [6, 6.07) is -0.253. The maximum absolute atomic E-state index is 11.1. The summed E-state index contributed by atoms with van der Waals surface area (Å²) in [5, 5.41) is 0. The lowest BCUT2D eigenvalue weighted by atomic mass is 10.1. The molecule has 0 aromatic heterocycles. The summed E-state index contributed by atoms with van der Waals surface area (Å²) in [5.74, 6) is -0.308. The highest BCUT2D eigenvalue weighted by atomic mass is 32.1. The molecule has 0 radical (unpaired) electrons. The van der Waals surface area contributed by atoms with Crippen LogP contribution in [-0.4, -0.2) is 34.9 Å². The summed E-state index contributed by atoms with van der Waals surface area (Å²) in [7, 11) is 0. The molecule has 0 saturated carbocycles. The first kappa shape index (κ1) is 13.3. The van der Waals surface area contributed by atoms with Gasteiger partial charge in [-0.05, 0) is 19.4 Å². The average molecular weight is 217 g/mol. The van der Waals surface area contributed by atoms with Crippen LogP contribution in [-0.2, 0) is 4.79 Å². The van der Waals surface area contributed by atoms with Crippen molar-refractivity contribution < 1.29 is 4.79 Å². The lowest BCUT2D eigenvalue weighted by Gasteiger charge is -2.27. The van der Waals surface area contributed by atoms with Crippen LogP contribution in [0.3, 0.4) is 0 Å². The van der Waals surface area contributed by atoms with E-state index < -0.39 is 0 Å². The molecule has 0 rings (SSSR count). The Morgan fingerprint density at radius 3 is 2.29 bits per heavy atom. The molecule has 0 aromatic rings. The lowest BCUT2D eigenvalue weighted by Crippen LogP contribution is -2.47. The molecule has 0 bridgehead atoms. The van der Waals surface area contributed by atoms with Crippen LogP contribution in [0.25, 0.3) is 0 Å². The van der Waals surface area contributed by atoms with Gasteiger partial charge in [0.15, 0.2) is 0 Å². The topological polar surface area (TPSA) is 72.3 Å². The fraction of sp³-hybridized carbons (Fsp3) is 0.778. The van der Waals surface area contributed by atoms with Gasteiger partial charge in [0.2, 0.25) is 5.91 Å². The van der Waals surface area contributed by atoms with E-state index in [1.807, 2.05) is 18.7 Å². The molecular formula is C9H19N3OS. The molecule has 1 atom stereocenters. The van der Waals surface area contributed by atoms with Gasteiger partial charge in [-0.2, -0.15) is 0 Å². The molecule has 0 heterocycles. The van der Waals surface area contributed by atoms with Crippen LogP contribution in [0.1, 0.15) is 26.7 Å². The first-order chi connectivity index (χ1) is 6.52. The molecule has 0 saturated heterocycles. The third kappa shape index (κ3) is 4.53. The summed E-state index contributed by atoms with van der Waals surface area (Å²) in [5.41, 5.74) is 10.7. The van der Waals surface area contributed by atoms with Crippen LogP contribution in [0.5, 0.6) is 0 Å². The van der Waals surface area contributed by atoms with E-state index in [0.29, 0.717) is 18.0 Å². The molecule has 0 fully saturated rings. The summed E-state index contributed by atoms with van der Waals surface area (Å²) in [4.78, 5) is 13.5. The number of nitrogens with zero attached hydrogens (tertiary/aromatic N) is 1. The maximum Gasteiger partial charge on any atom is 0.234 e. The van der Waals surface area contributed by atoms with Gasteiger partial charge in [-0.25, -0.2) is 0 Å². The second-order valence-corrected chi connectivity index (χ2v) is 3.79. The van der Waals surface area contributed by atoms with Crippen LogP contribution in [0.2, 0.25) is 0 Å². The van der Waals surface area contributed by atoms with Crippen molar-refractivity contribution in [1.29, 1.82) is 0 Å². The molecule has 14 heavy (non-hydrogen) atoms. The zero-order valence-electron chi connectivity index (χ0n) is 8.82. The monoisotopic (exact) mass is 217 g/mol. The number of nitrogens with two attached hydrogens (primary N) is 2. The minimum atomic E-state index is -0.308. The summed E-state index contributed by atoms with van der Waals surface area (Å²) in [6.45, 7) is 5.22. The standard InChI is InChI=1S/C9H19N3OS/c1-3-5-12(6-8(10)14)7(4-2)9(11)13/h7H,3-6H2,1-2H3,(H2,10,14)(H2,11,13).